The summed E-state index contributed by atoms with van der Waals surface area (Å²) in [7, 11) is 0. The zero-order chi connectivity index (χ0) is 12.3. The number of anilines is 1. The molecule has 0 aliphatic heterocycles. The summed E-state index contributed by atoms with van der Waals surface area (Å²) in [6.07, 6.45) is 4.57. The molecule has 0 unspecified atom stereocenters. The van der Waals surface area contributed by atoms with E-state index < -0.39 is 0 Å². The van der Waals surface area contributed by atoms with Crippen LogP contribution in [-0.4, -0.2) is 35.1 Å². The van der Waals surface area contributed by atoms with Gasteiger partial charge in [-0.1, -0.05) is 6.92 Å². The summed E-state index contributed by atoms with van der Waals surface area (Å²) in [5, 5.41) is 9.04. The van der Waals surface area contributed by atoms with Gasteiger partial charge >= 0.3 is 0 Å². The lowest BCUT2D eigenvalue weighted by atomic mass is 10.2. The van der Waals surface area contributed by atoms with Crippen molar-refractivity contribution < 1.29 is 9.90 Å². The number of ketones is 1. The fraction of sp³-hybridized carbons (Fsp3) is 0.538. The number of hydrogen-bond acceptors (Lipinski definition) is 4. The standard InChI is InChI=1S/C13H18N2O2/c1-2-13(17)12-6-5-11(9-14-12)15(7-8-16)10-3-4-10/h5-6,9-10,16H,2-4,7-8H2,1H3. The third-order valence-electron chi connectivity index (χ3n) is 3.01. The summed E-state index contributed by atoms with van der Waals surface area (Å²) in [5.41, 5.74) is 1.52. The van der Waals surface area contributed by atoms with Crippen LogP contribution in [0.4, 0.5) is 5.69 Å². The Morgan fingerprint density at radius 3 is 2.76 bits per heavy atom. The Bertz CT molecular complexity index is 385. The normalized spacial score (nSPS) is 14.7. The van der Waals surface area contributed by atoms with Gasteiger partial charge in [0.05, 0.1) is 18.5 Å². The number of Topliss-reactive ketones (excluding diaryl/α,β-unsaturated/α-hetero) is 1. The number of aliphatic hydroxyl groups excluding tert-OH is 1. The summed E-state index contributed by atoms with van der Waals surface area (Å²) in [6.45, 7) is 2.61. The van der Waals surface area contributed by atoms with Gasteiger partial charge in [0.25, 0.3) is 0 Å². The van der Waals surface area contributed by atoms with Crippen molar-refractivity contribution in [1.29, 1.82) is 0 Å². The smallest absolute Gasteiger partial charge is 0.180 e. The maximum atomic E-state index is 11.5. The summed E-state index contributed by atoms with van der Waals surface area (Å²) in [4.78, 5) is 17.8. The Kier molecular flexibility index (Phi) is 3.74. The van der Waals surface area contributed by atoms with Crippen molar-refractivity contribution in [3.63, 3.8) is 0 Å². The minimum atomic E-state index is 0.0664. The minimum absolute atomic E-state index is 0.0664. The van der Waals surface area contributed by atoms with E-state index in [9.17, 15) is 4.79 Å². The molecule has 1 aromatic heterocycles. The van der Waals surface area contributed by atoms with Gasteiger partial charge in [0.15, 0.2) is 5.78 Å². The molecule has 0 amide bonds. The van der Waals surface area contributed by atoms with Gasteiger partial charge in [-0.2, -0.15) is 0 Å². The van der Waals surface area contributed by atoms with E-state index in [2.05, 4.69) is 9.88 Å². The van der Waals surface area contributed by atoms with Crippen LogP contribution in [0.5, 0.6) is 0 Å². The first-order chi connectivity index (χ1) is 8.26. The fourth-order valence-electron chi connectivity index (χ4n) is 1.92. The SMILES string of the molecule is CCC(=O)c1ccc(N(CCO)C2CC2)cn1. The molecule has 1 saturated carbocycles. The average molecular weight is 234 g/mol. The number of aliphatic hydroxyl groups is 1. The third kappa shape index (κ3) is 2.82. The second kappa shape index (κ2) is 5.27. The van der Waals surface area contributed by atoms with Crippen molar-refractivity contribution in [3.8, 4) is 0 Å². The van der Waals surface area contributed by atoms with E-state index >= 15 is 0 Å². The molecule has 1 aliphatic rings. The van der Waals surface area contributed by atoms with Crippen LogP contribution in [-0.2, 0) is 0 Å². The molecule has 1 N–H and O–H groups in total. The second-order valence-corrected chi connectivity index (χ2v) is 4.33. The first-order valence-corrected chi connectivity index (χ1v) is 6.13. The first kappa shape index (κ1) is 12.0. The molecule has 4 nitrogen and oxygen atoms in total. The minimum Gasteiger partial charge on any atom is -0.395 e. The molecule has 1 heterocycles. The number of pyridine rings is 1. The van der Waals surface area contributed by atoms with Crippen molar-refractivity contribution in [2.24, 2.45) is 0 Å². The molecule has 2 rings (SSSR count). The predicted octanol–water partition coefficient (Wildman–Crippen LogP) is 1.64. The molecule has 1 aromatic rings. The van der Waals surface area contributed by atoms with E-state index in [1.807, 2.05) is 13.0 Å². The highest BCUT2D eigenvalue weighted by Gasteiger charge is 2.28. The Morgan fingerprint density at radius 1 is 1.53 bits per heavy atom. The highest BCUT2D eigenvalue weighted by atomic mass is 16.3. The van der Waals surface area contributed by atoms with E-state index in [1.165, 1.54) is 12.8 Å². The van der Waals surface area contributed by atoms with Crippen LogP contribution in [0.25, 0.3) is 0 Å². The summed E-state index contributed by atoms with van der Waals surface area (Å²) < 4.78 is 0. The number of aromatic nitrogens is 1. The molecule has 17 heavy (non-hydrogen) atoms. The van der Waals surface area contributed by atoms with Crippen LogP contribution in [0.1, 0.15) is 36.7 Å². The lowest BCUT2D eigenvalue weighted by Gasteiger charge is -2.23. The molecule has 0 atom stereocenters. The largest absolute Gasteiger partial charge is 0.395 e. The third-order valence-corrected chi connectivity index (χ3v) is 3.01. The molecule has 0 aromatic carbocycles. The lowest BCUT2D eigenvalue weighted by Crippen LogP contribution is -2.29. The van der Waals surface area contributed by atoms with E-state index in [1.54, 1.807) is 12.3 Å². The van der Waals surface area contributed by atoms with Gasteiger partial charge in [0, 0.05) is 19.0 Å². The van der Waals surface area contributed by atoms with Crippen molar-refractivity contribution in [1.82, 2.24) is 4.98 Å². The lowest BCUT2D eigenvalue weighted by molar-refractivity contribution is 0.0983. The molecule has 1 fully saturated rings. The Morgan fingerprint density at radius 2 is 2.29 bits per heavy atom. The zero-order valence-corrected chi connectivity index (χ0v) is 10.1. The molecule has 0 radical (unpaired) electrons. The quantitative estimate of drug-likeness (QED) is 0.760. The van der Waals surface area contributed by atoms with Gasteiger partial charge in [-0.3, -0.25) is 9.78 Å². The molecule has 1 aliphatic carbocycles. The van der Waals surface area contributed by atoms with Crippen LogP contribution < -0.4 is 4.90 Å². The number of carbonyl (C=O) groups is 1. The van der Waals surface area contributed by atoms with Crippen molar-refractivity contribution >= 4 is 11.5 Å². The van der Waals surface area contributed by atoms with Crippen LogP contribution in [0.2, 0.25) is 0 Å². The predicted molar refractivity (Wildman–Crippen MR) is 66.3 cm³/mol. The van der Waals surface area contributed by atoms with Gasteiger partial charge in [-0.05, 0) is 25.0 Å². The van der Waals surface area contributed by atoms with Gasteiger partial charge in [0.1, 0.15) is 5.69 Å². The fourth-order valence-corrected chi connectivity index (χ4v) is 1.92. The van der Waals surface area contributed by atoms with Gasteiger partial charge in [-0.25, -0.2) is 0 Å². The number of carbonyl (C=O) groups excluding carboxylic acids is 1. The van der Waals surface area contributed by atoms with Crippen molar-refractivity contribution in [2.45, 2.75) is 32.2 Å². The van der Waals surface area contributed by atoms with Gasteiger partial charge < -0.3 is 10.0 Å². The topological polar surface area (TPSA) is 53.4 Å². The molecule has 0 saturated heterocycles. The molecule has 92 valence electrons. The Hall–Kier alpha value is -1.42. The summed E-state index contributed by atoms with van der Waals surface area (Å²) in [5.74, 6) is 0.0664. The molecular weight excluding hydrogens is 216 g/mol. The van der Waals surface area contributed by atoms with Crippen molar-refractivity contribution in [2.75, 3.05) is 18.1 Å². The molecular formula is C13H18N2O2. The molecule has 0 spiro atoms. The highest BCUT2D eigenvalue weighted by Crippen LogP contribution is 2.30. The van der Waals surface area contributed by atoms with E-state index in [0.29, 0.717) is 24.7 Å². The highest BCUT2D eigenvalue weighted by molar-refractivity contribution is 5.94. The van der Waals surface area contributed by atoms with E-state index in [0.717, 1.165) is 5.69 Å². The molecule has 0 bridgehead atoms. The van der Waals surface area contributed by atoms with Crippen LogP contribution >= 0.6 is 0 Å². The van der Waals surface area contributed by atoms with Crippen LogP contribution in [0.15, 0.2) is 18.3 Å². The monoisotopic (exact) mass is 234 g/mol. The Labute approximate surface area is 101 Å². The van der Waals surface area contributed by atoms with Crippen molar-refractivity contribution in [3.05, 3.63) is 24.0 Å². The van der Waals surface area contributed by atoms with Gasteiger partial charge in [-0.15, -0.1) is 0 Å². The maximum absolute atomic E-state index is 11.5. The zero-order valence-electron chi connectivity index (χ0n) is 10.1. The second-order valence-electron chi connectivity index (χ2n) is 4.33. The molecule has 4 heteroatoms. The van der Waals surface area contributed by atoms with Crippen LogP contribution in [0.3, 0.4) is 0 Å². The number of rotatable bonds is 6. The van der Waals surface area contributed by atoms with E-state index in [4.69, 9.17) is 5.11 Å². The van der Waals surface area contributed by atoms with E-state index in [-0.39, 0.29) is 12.4 Å². The van der Waals surface area contributed by atoms with Gasteiger partial charge in [0.2, 0.25) is 0 Å². The average Bonchev–Trinajstić information content (AvgIpc) is 3.19. The summed E-state index contributed by atoms with van der Waals surface area (Å²) >= 11 is 0. The Balaban J connectivity index is 2.12. The summed E-state index contributed by atoms with van der Waals surface area (Å²) in [6, 6.07) is 4.23. The van der Waals surface area contributed by atoms with Crippen LogP contribution in [0, 0.1) is 0 Å². The number of nitrogens with zero attached hydrogens (tertiary/aromatic N) is 2. The maximum Gasteiger partial charge on any atom is 0.180 e. The number of hydrogen-bond donors (Lipinski definition) is 1. The first-order valence-electron chi connectivity index (χ1n) is 6.13.